The Bertz CT molecular complexity index is 299. The van der Waals surface area contributed by atoms with Gasteiger partial charge in [0.2, 0.25) is 0 Å². The molecule has 0 aliphatic carbocycles. The topological polar surface area (TPSA) is 35.5 Å². The summed E-state index contributed by atoms with van der Waals surface area (Å²) in [5.41, 5.74) is 0.916. The van der Waals surface area contributed by atoms with Crippen LogP contribution < -0.4 is 4.74 Å². The third kappa shape index (κ3) is 2.73. The Kier molecular flexibility index (Phi) is 3.76. The van der Waals surface area contributed by atoms with Crippen molar-refractivity contribution in [3.05, 3.63) is 28.2 Å². The van der Waals surface area contributed by atoms with E-state index in [9.17, 15) is 4.79 Å². The second-order valence-electron chi connectivity index (χ2n) is 2.38. The van der Waals surface area contributed by atoms with Crippen molar-refractivity contribution in [2.24, 2.45) is 0 Å². The Balaban J connectivity index is 2.76. The fourth-order valence-electron chi connectivity index (χ4n) is 0.930. The average molecular weight is 245 g/mol. The minimum Gasteiger partial charge on any atom is -0.496 e. The average Bonchev–Trinajstić information content (AvgIpc) is 2.15. The van der Waals surface area contributed by atoms with Crippen LogP contribution in [-0.4, -0.2) is 13.6 Å². The van der Waals surface area contributed by atoms with Gasteiger partial charge in [0, 0.05) is 0 Å². The van der Waals surface area contributed by atoms with Gasteiger partial charge in [0.05, 0.1) is 11.6 Å². The minimum absolute atomic E-state index is 0.284. The third-order valence-electron chi connectivity index (χ3n) is 1.53. The van der Waals surface area contributed by atoms with Gasteiger partial charge in [-0.05, 0) is 33.6 Å². The largest absolute Gasteiger partial charge is 0.496 e. The van der Waals surface area contributed by atoms with E-state index in [1.165, 1.54) is 0 Å². The van der Waals surface area contributed by atoms with Crippen molar-refractivity contribution < 1.29 is 14.3 Å². The standard InChI is InChI=1S/C9H9BrO3/c1-12-9-3-2-7(4-8(9)10)5-13-6-11/h2-4,6H,5H2,1H3. The molecule has 4 heteroatoms. The summed E-state index contributed by atoms with van der Waals surface area (Å²) in [7, 11) is 1.60. The second-order valence-corrected chi connectivity index (χ2v) is 3.23. The highest BCUT2D eigenvalue weighted by Gasteiger charge is 2.00. The van der Waals surface area contributed by atoms with Crippen molar-refractivity contribution in [3.63, 3.8) is 0 Å². The Labute approximate surface area is 84.8 Å². The van der Waals surface area contributed by atoms with Gasteiger partial charge in [0.25, 0.3) is 6.47 Å². The van der Waals surface area contributed by atoms with Gasteiger partial charge in [-0.1, -0.05) is 6.07 Å². The molecular formula is C9H9BrO3. The van der Waals surface area contributed by atoms with Crippen LogP contribution in [0.1, 0.15) is 5.56 Å². The van der Waals surface area contributed by atoms with E-state index in [2.05, 4.69) is 20.7 Å². The van der Waals surface area contributed by atoms with Gasteiger partial charge in [-0.3, -0.25) is 4.79 Å². The molecule has 70 valence electrons. The molecule has 0 aliphatic heterocycles. The Morgan fingerprint density at radius 2 is 2.31 bits per heavy atom. The first-order valence-corrected chi connectivity index (χ1v) is 4.45. The van der Waals surface area contributed by atoms with Crippen LogP contribution in [-0.2, 0) is 16.1 Å². The molecule has 0 atom stereocenters. The maximum Gasteiger partial charge on any atom is 0.293 e. The van der Waals surface area contributed by atoms with Gasteiger partial charge in [-0.2, -0.15) is 0 Å². The molecule has 1 rings (SSSR count). The van der Waals surface area contributed by atoms with Crippen LogP contribution >= 0.6 is 15.9 Å². The summed E-state index contributed by atoms with van der Waals surface area (Å²) in [6.45, 7) is 0.713. The van der Waals surface area contributed by atoms with Crippen molar-refractivity contribution in [2.75, 3.05) is 7.11 Å². The molecule has 0 spiro atoms. The first-order valence-electron chi connectivity index (χ1n) is 3.65. The molecule has 0 aliphatic rings. The molecule has 3 nitrogen and oxygen atoms in total. The number of rotatable bonds is 4. The van der Waals surface area contributed by atoms with E-state index in [-0.39, 0.29) is 6.61 Å². The van der Waals surface area contributed by atoms with Gasteiger partial charge in [0.15, 0.2) is 0 Å². The predicted octanol–water partition coefficient (Wildman–Crippen LogP) is 2.13. The van der Waals surface area contributed by atoms with Crippen LogP contribution in [0.15, 0.2) is 22.7 Å². The molecule has 0 saturated heterocycles. The zero-order chi connectivity index (χ0) is 9.68. The van der Waals surface area contributed by atoms with Crippen LogP contribution in [0, 0.1) is 0 Å². The molecule has 0 bridgehead atoms. The maximum atomic E-state index is 9.93. The Morgan fingerprint density at radius 1 is 1.54 bits per heavy atom. The zero-order valence-electron chi connectivity index (χ0n) is 7.12. The van der Waals surface area contributed by atoms with Gasteiger partial charge in [-0.25, -0.2) is 0 Å². The second kappa shape index (κ2) is 4.87. The van der Waals surface area contributed by atoms with Crippen LogP contribution in [0.3, 0.4) is 0 Å². The number of benzene rings is 1. The van der Waals surface area contributed by atoms with E-state index in [1.807, 2.05) is 18.2 Å². The third-order valence-corrected chi connectivity index (χ3v) is 2.15. The lowest BCUT2D eigenvalue weighted by Gasteiger charge is -2.04. The first-order chi connectivity index (χ1) is 6.27. The molecule has 0 heterocycles. The smallest absolute Gasteiger partial charge is 0.293 e. The van der Waals surface area contributed by atoms with Gasteiger partial charge >= 0.3 is 0 Å². The molecule has 1 aromatic carbocycles. The van der Waals surface area contributed by atoms with E-state index >= 15 is 0 Å². The van der Waals surface area contributed by atoms with Crippen LogP contribution in [0.2, 0.25) is 0 Å². The summed E-state index contributed by atoms with van der Waals surface area (Å²) in [6, 6.07) is 5.50. The highest BCUT2D eigenvalue weighted by Crippen LogP contribution is 2.25. The number of hydrogen-bond donors (Lipinski definition) is 0. The lowest BCUT2D eigenvalue weighted by molar-refractivity contribution is -0.129. The number of halogens is 1. The summed E-state index contributed by atoms with van der Waals surface area (Å²) < 4.78 is 10.5. The van der Waals surface area contributed by atoms with Crippen molar-refractivity contribution in [1.82, 2.24) is 0 Å². The van der Waals surface area contributed by atoms with Gasteiger partial charge < -0.3 is 9.47 Å². The van der Waals surface area contributed by atoms with Crippen molar-refractivity contribution in [3.8, 4) is 5.75 Å². The Morgan fingerprint density at radius 3 is 2.85 bits per heavy atom. The highest BCUT2D eigenvalue weighted by atomic mass is 79.9. The van der Waals surface area contributed by atoms with E-state index in [1.54, 1.807) is 7.11 Å². The molecule has 0 radical (unpaired) electrons. The molecule has 0 saturated carbocycles. The Hall–Kier alpha value is -1.03. The van der Waals surface area contributed by atoms with E-state index in [0.29, 0.717) is 6.47 Å². The van der Waals surface area contributed by atoms with E-state index in [0.717, 1.165) is 15.8 Å². The van der Waals surface area contributed by atoms with Crippen molar-refractivity contribution in [2.45, 2.75) is 6.61 Å². The zero-order valence-corrected chi connectivity index (χ0v) is 8.71. The van der Waals surface area contributed by atoms with Crippen LogP contribution in [0.5, 0.6) is 5.75 Å². The fraction of sp³-hybridized carbons (Fsp3) is 0.222. The number of carbonyl (C=O) groups excluding carboxylic acids is 1. The molecule has 1 aromatic rings. The minimum atomic E-state index is 0.284. The van der Waals surface area contributed by atoms with E-state index < -0.39 is 0 Å². The number of methoxy groups -OCH3 is 1. The predicted molar refractivity (Wildman–Crippen MR) is 51.5 cm³/mol. The summed E-state index contributed by atoms with van der Waals surface area (Å²) >= 11 is 3.33. The van der Waals surface area contributed by atoms with Crippen LogP contribution in [0.25, 0.3) is 0 Å². The van der Waals surface area contributed by atoms with Crippen LogP contribution in [0.4, 0.5) is 0 Å². The lowest BCUT2D eigenvalue weighted by atomic mass is 10.2. The van der Waals surface area contributed by atoms with Gasteiger partial charge in [0.1, 0.15) is 12.4 Å². The summed E-state index contributed by atoms with van der Waals surface area (Å²) in [5.74, 6) is 0.759. The molecule has 0 unspecified atom stereocenters. The summed E-state index contributed by atoms with van der Waals surface area (Å²) in [4.78, 5) is 9.93. The quantitative estimate of drug-likeness (QED) is 0.762. The molecule has 0 aromatic heterocycles. The molecule has 13 heavy (non-hydrogen) atoms. The van der Waals surface area contributed by atoms with Crippen molar-refractivity contribution in [1.29, 1.82) is 0 Å². The SMILES string of the molecule is COc1ccc(COC=O)cc1Br. The maximum absolute atomic E-state index is 9.93. The lowest BCUT2D eigenvalue weighted by Crippen LogP contribution is -1.91. The number of carbonyl (C=O) groups is 1. The van der Waals surface area contributed by atoms with E-state index in [4.69, 9.17) is 4.74 Å². The fourth-order valence-corrected chi connectivity index (χ4v) is 1.52. The first kappa shape index (κ1) is 10.1. The number of hydrogen-bond acceptors (Lipinski definition) is 3. The molecule has 0 amide bonds. The number of ether oxygens (including phenoxy) is 2. The van der Waals surface area contributed by atoms with Gasteiger partial charge in [-0.15, -0.1) is 0 Å². The molecule has 0 fully saturated rings. The summed E-state index contributed by atoms with van der Waals surface area (Å²) in [6.07, 6.45) is 0. The highest BCUT2D eigenvalue weighted by molar-refractivity contribution is 9.10. The normalized spacial score (nSPS) is 9.38. The summed E-state index contributed by atoms with van der Waals surface area (Å²) in [5, 5.41) is 0. The molecule has 0 N–H and O–H groups in total. The van der Waals surface area contributed by atoms with Crippen molar-refractivity contribution >= 4 is 22.4 Å². The molecular weight excluding hydrogens is 236 g/mol. The monoisotopic (exact) mass is 244 g/mol.